The molecule has 6 heteroatoms. The first-order valence-electron chi connectivity index (χ1n) is 11.1. The topological polar surface area (TPSA) is 61.9 Å². The van der Waals surface area contributed by atoms with Gasteiger partial charge in [0.2, 0.25) is 0 Å². The number of amides is 3. The first-order chi connectivity index (χ1) is 13.1. The fourth-order valence-corrected chi connectivity index (χ4v) is 5.72. The maximum absolute atomic E-state index is 13.3. The van der Waals surface area contributed by atoms with Crippen molar-refractivity contribution < 1.29 is 14.3 Å². The Morgan fingerprint density at radius 1 is 1.04 bits per heavy atom. The van der Waals surface area contributed by atoms with Crippen LogP contribution in [0.25, 0.3) is 0 Å². The van der Waals surface area contributed by atoms with Crippen LogP contribution in [-0.4, -0.2) is 58.7 Å². The van der Waals surface area contributed by atoms with Gasteiger partial charge in [-0.25, -0.2) is 9.69 Å². The highest BCUT2D eigenvalue weighted by molar-refractivity contribution is 6.07. The van der Waals surface area contributed by atoms with Gasteiger partial charge in [0.05, 0.1) is 12.8 Å². The van der Waals surface area contributed by atoms with Crippen molar-refractivity contribution in [3.63, 3.8) is 0 Å². The minimum atomic E-state index is -0.737. The van der Waals surface area contributed by atoms with Gasteiger partial charge in [-0.3, -0.25) is 9.69 Å². The Kier molecular flexibility index (Phi) is 5.74. The predicted octanol–water partition coefficient (Wildman–Crippen LogP) is 3.40. The Hall–Kier alpha value is -1.14. The average molecular weight is 378 g/mol. The molecule has 4 rings (SSSR count). The van der Waals surface area contributed by atoms with Crippen molar-refractivity contribution in [3.05, 3.63) is 0 Å². The number of rotatable bonds is 4. The third-order valence-corrected chi connectivity index (χ3v) is 7.21. The van der Waals surface area contributed by atoms with Gasteiger partial charge in [-0.2, -0.15) is 0 Å². The van der Waals surface area contributed by atoms with Crippen LogP contribution in [0.3, 0.4) is 0 Å². The van der Waals surface area contributed by atoms with E-state index in [9.17, 15) is 9.59 Å². The van der Waals surface area contributed by atoms with E-state index in [1.807, 2.05) is 6.92 Å². The first-order valence-corrected chi connectivity index (χ1v) is 11.1. The molecule has 1 N–H and O–H groups in total. The number of nitrogens with zero attached hydrogens (tertiary/aromatic N) is 2. The Morgan fingerprint density at radius 2 is 1.63 bits per heavy atom. The normalized spacial score (nSPS) is 33.9. The maximum Gasteiger partial charge on any atom is 0.326 e. The molecule has 0 aromatic heterocycles. The summed E-state index contributed by atoms with van der Waals surface area (Å²) in [4.78, 5) is 30.1. The van der Waals surface area contributed by atoms with Crippen LogP contribution in [0, 0.1) is 0 Å². The zero-order valence-electron chi connectivity index (χ0n) is 16.8. The monoisotopic (exact) mass is 377 g/mol. The van der Waals surface area contributed by atoms with E-state index >= 15 is 0 Å². The molecule has 2 saturated carbocycles. The lowest BCUT2D eigenvalue weighted by atomic mass is 9.87. The van der Waals surface area contributed by atoms with Gasteiger partial charge in [-0.1, -0.05) is 38.5 Å². The van der Waals surface area contributed by atoms with Crippen LogP contribution in [0.15, 0.2) is 0 Å². The summed E-state index contributed by atoms with van der Waals surface area (Å²) >= 11 is 0. The Balaban J connectivity index is 1.51. The summed E-state index contributed by atoms with van der Waals surface area (Å²) in [6.45, 7) is 2.99. The van der Waals surface area contributed by atoms with Gasteiger partial charge < -0.3 is 10.1 Å². The number of nitrogens with one attached hydrogen (secondary N) is 1. The van der Waals surface area contributed by atoms with Crippen molar-refractivity contribution in [3.8, 4) is 0 Å². The molecule has 2 aliphatic carbocycles. The zero-order valence-corrected chi connectivity index (χ0v) is 16.8. The number of carbonyl (C=O) groups excluding carboxylic acids is 2. The standard InChI is InChI=1S/C21H35N3O3/c1-16-14-21(12-13-27-16)19(25)24(20(26)22-21)15-23(17-8-4-2-5-9-17)18-10-6-3-7-11-18/h16-18H,2-15H2,1H3,(H,22,26). The summed E-state index contributed by atoms with van der Waals surface area (Å²) < 4.78 is 5.62. The third-order valence-electron chi connectivity index (χ3n) is 7.21. The third kappa shape index (κ3) is 3.88. The van der Waals surface area contributed by atoms with Gasteiger partial charge in [-0.15, -0.1) is 0 Å². The van der Waals surface area contributed by atoms with E-state index in [2.05, 4.69) is 10.2 Å². The lowest BCUT2D eigenvalue weighted by Gasteiger charge is -2.43. The molecule has 27 heavy (non-hydrogen) atoms. The van der Waals surface area contributed by atoms with E-state index in [1.54, 1.807) is 0 Å². The van der Waals surface area contributed by atoms with Crippen LogP contribution in [0.2, 0.25) is 0 Å². The van der Waals surface area contributed by atoms with E-state index in [0.29, 0.717) is 38.2 Å². The highest BCUT2D eigenvalue weighted by Crippen LogP contribution is 2.34. The molecule has 1 spiro atoms. The molecule has 6 nitrogen and oxygen atoms in total. The summed E-state index contributed by atoms with van der Waals surface area (Å²) in [6.07, 6.45) is 13.7. The molecule has 2 saturated heterocycles. The van der Waals surface area contributed by atoms with Crippen molar-refractivity contribution in [2.45, 2.75) is 108 Å². The molecule has 3 amide bonds. The quantitative estimate of drug-likeness (QED) is 0.763. The summed E-state index contributed by atoms with van der Waals surface area (Å²) in [5.41, 5.74) is -0.737. The Labute approximate surface area is 163 Å². The van der Waals surface area contributed by atoms with Crippen LogP contribution >= 0.6 is 0 Å². The predicted molar refractivity (Wildman–Crippen MR) is 103 cm³/mol. The van der Waals surface area contributed by atoms with Crippen LogP contribution in [0.4, 0.5) is 4.79 Å². The number of urea groups is 1. The Bertz CT molecular complexity index is 539. The molecule has 2 atom stereocenters. The fraction of sp³-hybridized carbons (Fsp3) is 0.905. The summed E-state index contributed by atoms with van der Waals surface area (Å²) in [5.74, 6) is -0.0285. The minimum absolute atomic E-state index is 0.00995. The van der Waals surface area contributed by atoms with Crippen molar-refractivity contribution in [2.24, 2.45) is 0 Å². The Morgan fingerprint density at radius 3 is 2.19 bits per heavy atom. The summed E-state index contributed by atoms with van der Waals surface area (Å²) in [7, 11) is 0. The largest absolute Gasteiger partial charge is 0.378 e. The molecule has 0 aromatic carbocycles. The molecule has 4 fully saturated rings. The van der Waals surface area contributed by atoms with Gasteiger partial charge in [0, 0.05) is 31.5 Å². The minimum Gasteiger partial charge on any atom is -0.378 e. The number of hydrogen-bond donors (Lipinski definition) is 1. The van der Waals surface area contributed by atoms with Crippen molar-refractivity contribution in [1.29, 1.82) is 0 Å². The van der Waals surface area contributed by atoms with Gasteiger partial charge in [-0.05, 0) is 32.6 Å². The second kappa shape index (κ2) is 8.08. The van der Waals surface area contributed by atoms with Crippen LogP contribution in [-0.2, 0) is 9.53 Å². The number of hydrogen-bond acceptors (Lipinski definition) is 4. The highest BCUT2D eigenvalue weighted by atomic mass is 16.5. The van der Waals surface area contributed by atoms with E-state index < -0.39 is 5.54 Å². The average Bonchev–Trinajstić information content (AvgIpc) is 2.90. The lowest BCUT2D eigenvalue weighted by Crippen LogP contribution is -2.54. The summed E-state index contributed by atoms with van der Waals surface area (Å²) in [5, 5.41) is 3.04. The number of ether oxygens (including phenoxy) is 1. The molecule has 152 valence electrons. The molecule has 2 aliphatic heterocycles. The number of imide groups is 1. The van der Waals surface area contributed by atoms with Crippen LogP contribution < -0.4 is 5.32 Å². The SMILES string of the molecule is CC1CC2(CCO1)NC(=O)N(CN(C1CCCCC1)C1CCCCC1)C2=O. The molecule has 2 unspecified atom stereocenters. The number of carbonyl (C=O) groups is 2. The summed E-state index contributed by atoms with van der Waals surface area (Å²) in [6, 6.07) is 0.839. The molecular weight excluding hydrogens is 342 g/mol. The molecule has 4 aliphatic rings. The van der Waals surface area contributed by atoms with Gasteiger partial charge in [0.15, 0.2) is 0 Å². The van der Waals surface area contributed by atoms with E-state index in [-0.39, 0.29) is 18.0 Å². The lowest BCUT2D eigenvalue weighted by molar-refractivity contribution is -0.139. The first kappa shape index (κ1) is 19.2. The molecular formula is C21H35N3O3. The van der Waals surface area contributed by atoms with E-state index in [0.717, 1.165) is 0 Å². The van der Waals surface area contributed by atoms with Gasteiger partial charge >= 0.3 is 6.03 Å². The maximum atomic E-state index is 13.3. The second-order valence-corrected chi connectivity index (χ2v) is 9.12. The van der Waals surface area contributed by atoms with Crippen LogP contribution in [0.1, 0.15) is 84.0 Å². The molecule has 0 bridgehead atoms. The van der Waals surface area contributed by atoms with E-state index in [4.69, 9.17) is 4.74 Å². The van der Waals surface area contributed by atoms with Crippen molar-refractivity contribution in [2.75, 3.05) is 13.3 Å². The molecule has 0 radical (unpaired) electrons. The fourth-order valence-electron chi connectivity index (χ4n) is 5.72. The zero-order chi connectivity index (χ0) is 18.9. The molecule has 2 heterocycles. The van der Waals surface area contributed by atoms with Crippen molar-refractivity contribution in [1.82, 2.24) is 15.1 Å². The molecule has 0 aromatic rings. The highest BCUT2D eigenvalue weighted by Gasteiger charge is 2.53. The van der Waals surface area contributed by atoms with Crippen LogP contribution in [0.5, 0.6) is 0 Å². The van der Waals surface area contributed by atoms with Gasteiger partial charge in [0.25, 0.3) is 5.91 Å². The van der Waals surface area contributed by atoms with E-state index in [1.165, 1.54) is 69.1 Å². The second-order valence-electron chi connectivity index (χ2n) is 9.12. The van der Waals surface area contributed by atoms with Gasteiger partial charge in [0.1, 0.15) is 5.54 Å². The smallest absolute Gasteiger partial charge is 0.326 e. The van der Waals surface area contributed by atoms with Crippen molar-refractivity contribution >= 4 is 11.9 Å².